The third-order valence-electron chi connectivity index (χ3n) is 6.95. The minimum atomic E-state index is 0.702. The zero-order valence-electron chi connectivity index (χ0n) is 14.4. The topological polar surface area (TPSA) is 15.3 Å². The molecule has 0 aromatic heterocycles. The highest BCUT2D eigenvalue weighted by molar-refractivity contribution is 4.99. The molecular weight excluding hydrogens is 256 g/mol. The van der Waals surface area contributed by atoms with Gasteiger partial charge in [0.25, 0.3) is 0 Å². The summed E-state index contributed by atoms with van der Waals surface area (Å²) in [5.74, 6) is 0. The molecule has 122 valence electrons. The smallest absolute Gasteiger partial charge is 0.0232 e. The molecule has 3 rings (SSSR count). The number of likely N-dealkylation sites (tertiary alicyclic amines) is 1. The number of nitrogens with zero attached hydrogens (tertiary/aromatic N) is 1. The Hall–Kier alpha value is -0.0800. The van der Waals surface area contributed by atoms with Gasteiger partial charge in [-0.3, -0.25) is 4.90 Å². The fourth-order valence-electron chi connectivity index (χ4n) is 5.64. The zero-order chi connectivity index (χ0) is 14.8. The number of rotatable bonds is 5. The molecule has 0 unspecified atom stereocenters. The van der Waals surface area contributed by atoms with E-state index in [1.807, 2.05) is 0 Å². The van der Waals surface area contributed by atoms with E-state index in [1.165, 1.54) is 90.4 Å². The lowest BCUT2D eigenvalue weighted by molar-refractivity contribution is 0.0616. The molecule has 1 saturated carbocycles. The van der Waals surface area contributed by atoms with Gasteiger partial charge in [-0.15, -0.1) is 0 Å². The Kier molecular flexibility index (Phi) is 4.95. The lowest BCUT2D eigenvalue weighted by Gasteiger charge is -2.45. The summed E-state index contributed by atoms with van der Waals surface area (Å²) in [6.45, 7) is 10.0. The number of hydrogen-bond donors (Lipinski definition) is 1. The zero-order valence-corrected chi connectivity index (χ0v) is 14.4. The van der Waals surface area contributed by atoms with E-state index in [0.29, 0.717) is 5.41 Å². The maximum absolute atomic E-state index is 3.55. The van der Waals surface area contributed by atoms with Crippen LogP contribution in [0.15, 0.2) is 0 Å². The van der Waals surface area contributed by atoms with Gasteiger partial charge in [0.2, 0.25) is 0 Å². The molecular formula is C19H36N2. The van der Waals surface area contributed by atoms with Crippen molar-refractivity contribution in [3.63, 3.8) is 0 Å². The Morgan fingerprint density at radius 2 is 1.71 bits per heavy atom. The van der Waals surface area contributed by atoms with Gasteiger partial charge in [-0.2, -0.15) is 0 Å². The number of hydrogen-bond acceptors (Lipinski definition) is 2. The van der Waals surface area contributed by atoms with Gasteiger partial charge in [0.1, 0.15) is 0 Å². The maximum atomic E-state index is 3.55. The van der Waals surface area contributed by atoms with E-state index in [2.05, 4.69) is 24.1 Å². The van der Waals surface area contributed by atoms with E-state index in [0.717, 1.165) is 11.5 Å². The monoisotopic (exact) mass is 292 g/mol. The normalized spacial score (nSPS) is 32.0. The summed E-state index contributed by atoms with van der Waals surface area (Å²) in [5, 5.41) is 3.55. The summed E-state index contributed by atoms with van der Waals surface area (Å²) in [4.78, 5) is 2.83. The molecule has 3 aliphatic rings. The van der Waals surface area contributed by atoms with Crippen LogP contribution in [0, 0.1) is 10.8 Å². The van der Waals surface area contributed by atoms with Crippen molar-refractivity contribution in [2.75, 3.05) is 26.2 Å². The van der Waals surface area contributed by atoms with E-state index in [1.54, 1.807) is 0 Å². The van der Waals surface area contributed by atoms with Crippen LogP contribution in [0.5, 0.6) is 0 Å². The Bertz CT molecular complexity index is 316. The lowest BCUT2D eigenvalue weighted by atomic mass is 9.60. The molecule has 2 aliphatic heterocycles. The van der Waals surface area contributed by atoms with Crippen LogP contribution in [0.1, 0.15) is 78.1 Å². The minimum Gasteiger partial charge on any atom is -0.315 e. The highest BCUT2D eigenvalue weighted by Crippen LogP contribution is 2.53. The summed E-state index contributed by atoms with van der Waals surface area (Å²) in [6, 6.07) is 0.849. The highest BCUT2D eigenvalue weighted by Gasteiger charge is 2.46. The van der Waals surface area contributed by atoms with Gasteiger partial charge >= 0.3 is 0 Å². The molecule has 2 heterocycles. The fourth-order valence-corrected chi connectivity index (χ4v) is 5.64. The molecule has 2 heteroatoms. The number of nitrogens with one attached hydrogen (secondary N) is 1. The predicted octanol–water partition coefficient (Wildman–Crippen LogP) is 4.20. The fraction of sp³-hybridized carbons (Fsp3) is 1.00. The van der Waals surface area contributed by atoms with Crippen molar-refractivity contribution < 1.29 is 0 Å². The third kappa shape index (κ3) is 3.32. The molecule has 0 aromatic carbocycles. The van der Waals surface area contributed by atoms with Gasteiger partial charge < -0.3 is 5.32 Å². The summed E-state index contributed by atoms with van der Waals surface area (Å²) < 4.78 is 0. The van der Waals surface area contributed by atoms with Crippen LogP contribution in [0.25, 0.3) is 0 Å². The third-order valence-corrected chi connectivity index (χ3v) is 6.95. The Labute approximate surface area is 132 Å². The molecule has 21 heavy (non-hydrogen) atoms. The van der Waals surface area contributed by atoms with E-state index >= 15 is 0 Å². The second-order valence-corrected chi connectivity index (χ2v) is 8.37. The maximum Gasteiger partial charge on any atom is 0.0232 e. The van der Waals surface area contributed by atoms with Crippen LogP contribution >= 0.6 is 0 Å². The van der Waals surface area contributed by atoms with Gasteiger partial charge in [0.05, 0.1) is 0 Å². The van der Waals surface area contributed by atoms with Crippen molar-refractivity contribution in [1.29, 1.82) is 0 Å². The summed E-state index contributed by atoms with van der Waals surface area (Å²) >= 11 is 0. The second-order valence-electron chi connectivity index (χ2n) is 8.37. The van der Waals surface area contributed by atoms with Crippen molar-refractivity contribution in [2.24, 2.45) is 10.8 Å². The molecule has 0 amide bonds. The van der Waals surface area contributed by atoms with E-state index in [4.69, 9.17) is 0 Å². The van der Waals surface area contributed by atoms with Gasteiger partial charge in [0, 0.05) is 19.1 Å². The van der Waals surface area contributed by atoms with Gasteiger partial charge in [-0.05, 0) is 75.3 Å². The van der Waals surface area contributed by atoms with Crippen molar-refractivity contribution >= 4 is 0 Å². The molecule has 0 radical (unpaired) electrons. The molecule has 3 fully saturated rings. The summed E-state index contributed by atoms with van der Waals surface area (Å²) in [5.41, 5.74) is 1.42. The van der Waals surface area contributed by atoms with Crippen molar-refractivity contribution in [3.8, 4) is 0 Å². The van der Waals surface area contributed by atoms with Gasteiger partial charge in [-0.1, -0.05) is 26.7 Å². The first-order valence-corrected chi connectivity index (χ1v) is 9.66. The molecule has 2 nitrogen and oxygen atoms in total. The van der Waals surface area contributed by atoms with E-state index in [-0.39, 0.29) is 0 Å². The van der Waals surface area contributed by atoms with Crippen molar-refractivity contribution in [1.82, 2.24) is 10.2 Å². The van der Waals surface area contributed by atoms with Crippen LogP contribution in [-0.4, -0.2) is 37.1 Å². The van der Waals surface area contributed by atoms with E-state index < -0.39 is 0 Å². The first-order valence-electron chi connectivity index (χ1n) is 9.66. The minimum absolute atomic E-state index is 0.702. The second kappa shape index (κ2) is 6.58. The van der Waals surface area contributed by atoms with Gasteiger partial charge in [0.15, 0.2) is 0 Å². The summed E-state index contributed by atoms with van der Waals surface area (Å²) in [6.07, 6.45) is 14.7. The molecule has 0 bridgehead atoms. The standard InChI is InChI=1S/C19H36N2/c1-3-6-18(7-4-2)8-10-19(11-9-18)12-14-21(16-19)17-5-13-20-15-17/h17,20H,3-16H2,1-2H3/t17-/m1/s1. The average Bonchev–Trinajstić information content (AvgIpc) is 3.13. The molecule has 1 N–H and O–H groups in total. The van der Waals surface area contributed by atoms with Crippen LogP contribution in [0.4, 0.5) is 0 Å². The van der Waals surface area contributed by atoms with E-state index in [9.17, 15) is 0 Å². The summed E-state index contributed by atoms with van der Waals surface area (Å²) in [7, 11) is 0. The lowest BCUT2D eigenvalue weighted by Crippen LogP contribution is -2.40. The average molecular weight is 293 g/mol. The SMILES string of the molecule is CCCC1(CCC)CCC2(CCN([C@@H]3CCNC3)C2)CC1. The molecule has 1 aliphatic carbocycles. The quantitative estimate of drug-likeness (QED) is 0.817. The largest absolute Gasteiger partial charge is 0.315 e. The van der Waals surface area contributed by atoms with Gasteiger partial charge in [-0.25, -0.2) is 0 Å². The van der Waals surface area contributed by atoms with Crippen LogP contribution in [0.3, 0.4) is 0 Å². The highest BCUT2D eigenvalue weighted by atomic mass is 15.2. The molecule has 1 spiro atoms. The van der Waals surface area contributed by atoms with Crippen LogP contribution in [-0.2, 0) is 0 Å². The van der Waals surface area contributed by atoms with Crippen molar-refractivity contribution in [2.45, 2.75) is 84.1 Å². The Balaban J connectivity index is 1.57. The van der Waals surface area contributed by atoms with Crippen molar-refractivity contribution in [3.05, 3.63) is 0 Å². The Morgan fingerprint density at radius 3 is 2.29 bits per heavy atom. The first kappa shape index (κ1) is 15.8. The first-order chi connectivity index (χ1) is 10.2. The van der Waals surface area contributed by atoms with Crippen LogP contribution < -0.4 is 5.32 Å². The Morgan fingerprint density at radius 1 is 1.00 bits per heavy atom. The molecule has 1 atom stereocenters. The molecule has 0 aromatic rings. The van der Waals surface area contributed by atoms with Crippen LogP contribution in [0.2, 0.25) is 0 Å². The predicted molar refractivity (Wildman–Crippen MR) is 90.6 cm³/mol. The molecule has 2 saturated heterocycles.